The molecule has 0 spiro atoms. The summed E-state index contributed by atoms with van der Waals surface area (Å²) in [4.78, 5) is 27.6. The smallest absolute Gasteiger partial charge is 0.338 e. The third-order valence-corrected chi connectivity index (χ3v) is 6.62. The molecule has 0 unspecified atom stereocenters. The van der Waals surface area contributed by atoms with E-state index in [1.54, 1.807) is 12.1 Å². The average Bonchev–Trinajstić information content (AvgIpc) is 3.45. The van der Waals surface area contributed by atoms with E-state index in [1.165, 1.54) is 6.42 Å². The molecule has 2 fully saturated rings. The molecule has 2 aromatic rings. The molecule has 0 radical (unpaired) electrons. The quantitative estimate of drug-likeness (QED) is 0.605. The van der Waals surface area contributed by atoms with Crippen LogP contribution in [0.5, 0.6) is 0 Å². The van der Waals surface area contributed by atoms with E-state index >= 15 is 0 Å². The van der Waals surface area contributed by atoms with E-state index in [-0.39, 0.29) is 24.5 Å². The SMILES string of the molecule is O=C(OC[C@@H]1[C@@H]2[C@H](CN1C(=O)c1ccccc1)[C@@H]1C=C[C@H]2C1)c1ccccc1. The molecule has 4 nitrogen and oxygen atoms in total. The van der Waals surface area contributed by atoms with Crippen LogP contribution in [0.15, 0.2) is 72.8 Å². The van der Waals surface area contributed by atoms with Gasteiger partial charge in [-0.3, -0.25) is 4.79 Å². The van der Waals surface area contributed by atoms with Crippen molar-refractivity contribution < 1.29 is 14.3 Å². The number of amides is 1. The second-order valence-corrected chi connectivity index (χ2v) is 8.04. The summed E-state index contributed by atoms with van der Waals surface area (Å²) in [6, 6.07) is 18.4. The van der Waals surface area contributed by atoms with E-state index in [4.69, 9.17) is 4.74 Å². The molecule has 1 saturated heterocycles. The fraction of sp³-hybridized carbons (Fsp3) is 0.333. The van der Waals surface area contributed by atoms with Crippen LogP contribution < -0.4 is 0 Å². The Morgan fingerprint density at radius 2 is 1.54 bits per heavy atom. The molecule has 1 amide bonds. The van der Waals surface area contributed by atoms with Gasteiger partial charge in [-0.2, -0.15) is 0 Å². The van der Waals surface area contributed by atoms with E-state index in [2.05, 4.69) is 12.2 Å². The molecule has 1 heterocycles. The highest BCUT2D eigenvalue weighted by Gasteiger charge is 2.55. The number of carbonyl (C=O) groups is 2. The van der Waals surface area contributed by atoms with Gasteiger partial charge in [-0.15, -0.1) is 0 Å². The van der Waals surface area contributed by atoms with Crippen LogP contribution >= 0.6 is 0 Å². The second-order valence-electron chi connectivity index (χ2n) is 8.04. The van der Waals surface area contributed by atoms with Gasteiger partial charge in [-0.1, -0.05) is 48.6 Å². The topological polar surface area (TPSA) is 46.6 Å². The zero-order chi connectivity index (χ0) is 19.1. The Morgan fingerprint density at radius 1 is 0.893 bits per heavy atom. The largest absolute Gasteiger partial charge is 0.460 e. The summed E-state index contributed by atoms with van der Waals surface area (Å²) in [6.45, 7) is 1.00. The van der Waals surface area contributed by atoms with Crippen LogP contribution in [-0.2, 0) is 4.74 Å². The van der Waals surface area contributed by atoms with Crippen molar-refractivity contribution >= 4 is 11.9 Å². The lowest BCUT2D eigenvalue weighted by Crippen LogP contribution is -2.42. The Labute approximate surface area is 164 Å². The number of fused-ring (bicyclic) bond motifs is 5. The number of nitrogens with zero attached hydrogens (tertiary/aromatic N) is 1. The van der Waals surface area contributed by atoms with E-state index in [1.807, 2.05) is 53.4 Å². The summed E-state index contributed by atoms with van der Waals surface area (Å²) >= 11 is 0. The van der Waals surface area contributed by atoms with Crippen molar-refractivity contribution in [2.24, 2.45) is 23.7 Å². The first kappa shape index (κ1) is 17.2. The number of benzene rings is 2. The lowest BCUT2D eigenvalue weighted by molar-refractivity contribution is 0.0313. The highest BCUT2D eigenvalue weighted by atomic mass is 16.5. The van der Waals surface area contributed by atoms with E-state index in [0.29, 0.717) is 34.8 Å². The molecular formula is C24H23NO3. The molecule has 5 atom stereocenters. The van der Waals surface area contributed by atoms with Crippen LogP contribution in [0.3, 0.4) is 0 Å². The Hall–Kier alpha value is -2.88. The van der Waals surface area contributed by atoms with Crippen LogP contribution in [0, 0.1) is 23.7 Å². The van der Waals surface area contributed by atoms with Gasteiger partial charge in [0.2, 0.25) is 0 Å². The number of hydrogen-bond acceptors (Lipinski definition) is 3. The summed E-state index contributed by atoms with van der Waals surface area (Å²) in [5.41, 5.74) is 1.24. The molecule has 5 rings (SSSR count). The van der Waals surface area contributed by atoms with Gasteiger partial charge < -0.3 is 9.64 Å². The monoisotopic (exact) mass is 373 g/mol. The Balaban J connectivity index is 1.38. The predicted molar refractivity (Wildman–Crippen MR) is 106 cm³/mol. The van der Waals surface area contributed by atoms with Crippen LogP contribution in [-0.4, -0.2) is 36.0 Å². The van der Waals surface area contributed by atoms with Gasteiger partial charge in [0.25, 0.3) is 5.91 Å². The zero-order valence-electron chi connectivity index (χ0n) is 15.6. The van der Waals surface area contributed by atoms with Crippen molar-refractivity contribution in [1.82, 2.24) is 4.90 Å². The van der Waals surface area contributed by atoms with Crippen LogP contribution in [0.4, 0.5) is 0 Å². The summed E-state index contributed by atoms with van der Waals surface area (Å²) < 4.78 is 5.69. The summed E-state index contributed by atoms with van der Waals surface area (Å²) in [5.74, 6) is 1.61. The molecule has 2 bridgehead atoms. The van der Waals surface area contributed by atoms with Gasteiger partial charge in [0.1, 0.15) is 6.61 Å². The van der Waals surface area contributed by atoms with Crippen molar-refractivity contribution in [2.45, 2.75) is 12.5 Å². The van der Waals surface area contributed by atoms with Gasteiger partial charge in [-0.25, -0.2) is 4.79 Å². The van der Waals surface area contributed by atoms with E-state index in [9.17, 15) is 9.59 Å². The third kappa shape index (κ3) is 2.84. The molecule has 0 N–H and O–H groups in total. The predicted octanol–water partition coefficient (Wildman–Crippen LogP) is 3.81. The molecule has 2 aliphatic carbocycles. The van der Waals surface area contributed by atoms with E-state index < -0.39 is 0 Å². The lowest BCUT2D eigenvalue weighted by atomic mass is 9.82. The third-order valence-electron chi connectivity index (χ3n) is 6.62. The Bertz CT molecular complexity index is 908. The number of rotatable bonds is 4. The summed E-state index contributed by atoms with van der Waals surface area (Å²) in [5, 5.41) is 0. The number of likely N-dealkylation sites (tertiary alicyclic amines) is 1. The standard InChI is InChI=1S/C24H23NO3/c26-23(16-7-3-1-4-8-16)25-14-20-18-11-12-19(13-18)22(20)21(25)15-28-24(27)17-9-5-2-6-10-17/h1-12,18-22H,13-15H2/t18-,19+,20-,21-,22+/m1/s1. The van der Waals surface area contributed by atoms with Crippen molar-refractivity contribution in [3.05, 3.63) is 83.9 Å². The molecule has 1 saturated carbocycles. The highest BCUT2D eigenvalue weighted by molar-refractivity contribution is 5.94. The number of esters is 1. The number of carbonyl (C=O) groups excluding carboxylic acids is 2. The minimum absolute atomic E-state index is 0.0372. The first-order chi connectivity index (χ1) is 13.7. The van der Waals surface area contributed by atoms with Crippen molar-refractivity contribution in [1.29, 1.82) is 0 Å². The molecule has 142 valence electrons. The normalized spacial score (nSPS) is 29.7. The molecule has 0 aromatic heterocycles. The maximum atomic E-state index is 13.2. The van der Waals surface area contributed by atoms with Crippen molar-refractivity contribution in [3.63, 3.8) is 0 Å². The lowest BCUT2D eigenvalue weighted by Gasteiger charge is -2.30. The first-order valence-corrected chi connectivity index (χ1v) is 9.99. The molecule has 3 aliphatic rings. The molecular weight excluding hydrogens is 350 g/mol. The fourth-order valence-electron chi connectivity index (χ4n) is 5.36. The summed E-state index contributed by atoms with van der Waals surface area (Å²) in [6.07, 6.45) is 5.79. The maximum absolute atomic E-state index is 13.2. The number of ether oxygens (including phenoxy) is 1. The van der Waals surface area contributed by atoms with Gasteiger partial charge in [0.15, 0.2) is 0 Å². The second kappa shape index (κ2) is 6.93. The first-order valence-electron chi connectivity index (χ1n) is 9.99. The molecule has 4 heteroatoms. The molecule has 2 aromatic carbocycles. The van der Waals surface area contributed by atoms with Gasteiger partial charge in [0, 0.05) is 12.1 Å². The van der Waals surface area contributed by atoms with Crippen molar-refractivity contribution in [2.75, 3.05) is 13.2 Å². The molecule has 1 aliphatic heterocycles. The Morgan fingerprint density at radius 3 is 2.25 bits per heavy atom. The molecule has 28 heavy (non-hydrogen) atoms. The van der Waals surface area contributed by atoms with E-state index in [0.717, 1.165) is 6.54 Å². The fourth-order valence-corrected chi connectivity index (χ4v) is 5.36. The average molecular weight is 373 g/mol. The maximum Gasteiger partial charge on any atom is 0.338 e. The Kier molecular flexibility index (Phi) is 4.27. The van der Waals surface area contributed by atoms with Crippen molar-refractivity contribution in [3.8, 4) is 0 Å². The van der Waals surface area contributed by atoms with Crippen LogP contribution in [0.1, 0.15) is 27.1 Å². The zero-order valence-corrected chi connectivity index (χ0v) is 15.6. The van der Waals surface area contributed by atoms with Gasteiger partial charge >= 0.3 is 5.97 Å². The highest BCUT2D eigenvalue weighted by Crippen LogP contribution is 2.54. The van der Waals surface area contributed by atoms with Gasteiger partial charge in [-0.05, 0) is 54.4 Å². The number of allylic oxidation sites excluding steroid dienone is 2. The van der Waals surface area contributed by atoms with Crippen LogP contribution in [0.25, 0.3) is 0 Å². The minimum atomic E-state index is -0.324. The van der Waals surface area contributed by atoms with Gasteiger partial charge in [0.05, 0.1) is 11.6 Å². The summed E-state index contributed by atoms with van der Waals surface area (Å²) in [7, 11) is 0. The number of hydrogen-bond donors (Lipinski definition) is 0. The minimum Gasteiger partial charge on any atom is -0.460 e. The van der Waals surface area contributed by atoms with Crippen LogP contribution in [0.2, 0.25) is 0 Å².